The average molecular weight is 407 g/mol. The predicted octanol–water partition coefficient (Wildman–Crippen LogP) is 4.11. The number of aryl methyl sites for hydroxylation is 1. The number of hydrazone groups is 1. The van der Waals surface area contributed by atoms with E-state index in [-0.39, 0.29) is 11.3 Å². The molecule has 0 aliphatic heterocycles. The maximum atomic E-state index is 12.6. The third-order valence-corrected chi connectivity index (χ3v) is 7.01. The lowest BCUT2D eigenvalue weighted by Crippen LogP contribution is -2.47. The van der Waals surface area contributed by atoms with Crippen LogP contribution in [0.2, 0.25) is 0 Å². The lowest BCUT2D eigenvalue weighted by atomic mass is 9.49. The maximum Gasteiger partial charge on any atom is 0.240 e. The van der Waals surface area contributed by atoms with Crippen molar-refractivity contribution in [2.45, 2.75) is 65.3 Å². The number of rotatable bonds is 5. The molecule has 0 radical (unpaired) electrons. The number of amides is 1. The quantitative estimate of drug-likeness (QED) is 0.590. The van der Waals surface area contributed by atoms with E-state index in [9.17, 15) is 4.79 Å². The molecule has 25 heavy (non-hydrogen) atoms. The van der Waals surface area contributed by atoms with Gasteiger partial charge in [0.05, 0.1) is 10.2 Å². The molecule has 0 saturated heterocycles. The summed E-state index contributed by atoms with van der Waals surface area (Å²) in [5.74, 6) is 2.68. The first-order valence-electron chi connectivity index (χ1n) is 9.53. The second kappa shape index (κ2) is 6.53. The molecule has 6 heteroatoms. The molecule has 0 unspecified atom stereocenters. The molecule has 5 rings (SSSR count). The highest BCUT2D eigenvalue weighted by atomic mass is 79.9. The van der Waals surface area contributed by atoms with Gasteiger partial charge in [-0.05, 0) is 91.5 Å². The highest BCUT2D eigenvalue weighted by molar-refractivity contribution is 9.10. The summed E-state index contributed by atoms with van der Waals surface area (Å²) in [5, 5.41) is 8.79. The summed E-state index contributed by atoms with van der Waals surface area (Å²) in [6, 6.07) is 0. The van der Waals surface area contributed by atoms with Crippen LogP contribution in [0.5, 0.6) is 0 Å². The summed E-state index contributed by atoms with van der Waals surface area (Å²) < 4.78 is 2.77. The van der Waals surface area contributed by atoms with Gasteiger partial charge in [-0.1, -0.05) is 0 Å². The average Bonchev–Trinajstić information content (AvgIpc) is 2.92. The van der Waals surface area contributed by atoms with Gasteiger partial charge in [-0.3, -0.25) is 9.48 Å². The van der Waals surface area contributed by atoms with Gasteiger partial charge in [0.15, 0.2) is 0 Å². The van der Waals surface area contributed by atoms with Crippen molar-refractivity contribution in [3.63, 3.8) is 0 Å². The highest BCUT2D eigenvalue weighted by Gasteiger charge is 2.51. The van der Waals surface area contributed by atoms with Crippen LogP contribution in [-0.4, -0.2) is 21.4 Å². The van der Waals surface area contributed by atoms with Gasteiger partial charge in [0.2, 0.25) is 5.91 Å². The Hall–Kier alpha value is -1.17. The normalized spacial score (nSPS) is 33.7. The molecule has 1 aromatic heterocycles. The predicted molar refractivity (Wildman–Crippen MR) is 101 cm³/mol. The molecule has 1 N–H and O–H groups in total. The summed E-state index contributed by atoms with van der Waals surface area (Å²) in [7, 11) is 0. The number of nitrogens with one attached hydrogen (secondary N) is 1. The second-order valence-corrected chi connectivity index (χ2v) is 9.36. The zero-order valence-electron chi connectivity index (χ0n) is 15.1. The van der Waals surface area contributed by atoms with Crippen molar-refractivity contribution in [3.8, 4) is 0 Å². The number of carbonyl (C=O) groups excluding carboxylic acids is 1. The number of hydrogen-bond donors (Lipinski definition) is 1. The van der Waals surface area contributed by atoms with Crippen LogP contribution in [0, 0.1) is 23.2 Å². The van der Waals surface area contributed by atoms with Crippen molar-refractivity contribution in [1.29, 1.82) is 0 Å². The van der Waals surface area contributed by atoms with Gasteiger partial charge < -0.3 is 0 Å². The molecule has 136 valence electrons. The Bertz CT molecular complexity index is 673. The first-order valence-corrected chi connectivity index (χ1v) is 10.3. The van der Waals surface area contributed by atoms with E-state index >= 15 is 0 Å². The van der Waals surface area contributed by atoms with Crippen molar-refractivity contribution in [2.75, 3.05) is 0 Å². The Balaban J connectivity index is 1.40. The first kappa shape index (κ1) is 17.3. The molecule has 4 aliphatic carbocycles. The summed E-state index contributed by atoms with van der Waals surface area (Å²) in [5.41, 5.74) is 4.57. The Kier molecular flexibility index (Phi) is 4.50. The van der Waals surface area contributed by atoms with Crippen LogP contribution < -0.4 is 5.43 Å². The topological polar surface area (TPSA) is 59.3 Å². The van der Waals surface area contributed by atoms with Crippen molar-refractivity contribution >= 4 is 27.5 Å². The molecule has 4 saturated carbocycles. The first-order chi connectivity index (χ1) is 12.0. The number of hydrogen-bond acceptors (Lipinski definition) is 3. The van der Waals surface area contributed by atoms with E-state index in [0.29, 0.717) is 6.42 Å². The van der Waals surface area contributed by atoms with E-state index < -0.39 is 0 Å². The van der Waals surface area contributed by atoms with Crippen LogP contribution in [0.3, 0.4) is 0 Å². The molecule has 0 spiro atoms. The standard InChI is InChI=1S/C19H27BrN4O/c1-3-24-11-16(20)18(23-24)12(2)21-22-17(25)10-19-7-13-4-14(8-19)6-15(5-13)9-19/h11,13-15H,3-10H2,1-2H3,(H,22,25). The molecule has 1 amide bonds. The van der Waals surface area contributed by atoms with Gasteiger partial charge in [-0.25, -0.2) is 5.43 Å². The minimum atomic E-state index is 0.0624. The van der Waals surface area contributed by atoms with E-state index in [0.717, 1.165) is 40.2 Å². The van der Waals surface area contributed by atoms with E-state index in [1.54, 1.807) is 0 Å². The minimum Gasteiger partial charge on any atom is -0.273 e. The van der Waals surface area contributed by atoms with E-state index in [4.69, 9.17) is 0 Å². The monoisotopic (exact) mass is 406 g/mol. The zero-order chi connectivity index (χ0) is 17.6. The molecule has 1 aromatic rings. The Labute approximate surface area is 157 Å². The van der Waals surface area contributed by atoms with E-state index in [1.165, 1.54) is 38.5 Å². The summed E-state index contributed by atoms with van der Waals surface area (Å²) >= 11 is 3.51. The van der Waals surface area contributed by atoms with Crippen LogP contribution in [-0.2, 0) is 11.3 Å². The van der Waals surface area contributed by atoms with Gasteiger partial charge in [-0.2, -0.15) is 10.2 Å². The minimum absolute atomic E-state index is 0.0624. The van der Waals surface area contributed by atoms with Crippen molar-refractivity contribution in [1.82, 2.24) is 15.2 Å². The molecule has 4 fully saturated rings. The molecule has 0 atom stereocenters. The van der Waals surface area contributed by atoms with Gasteiger partial charge in [0, 0.05) is 19.2 Å². The van der Waals surface area contributed by atoms with Crippen molar-refractivity contribution in [2.24, 2.45) is 28.3 Å². The van der Waals surface area contributed by atoms with Crippen LogP contribution >= 0.6 is 15.9 Å². The van der Waals surface area contributed by atoms with Crippen LogP contribution in [0.15, 0.2) is 15.8 Å². The van der Waals surface area contributed by atoms with Crippen LogP contribution in [0.4, 0.5) is 0 Å². The number of halogens is 1. The summed E-state index contributed by atoms with van der Waals surface area (Å²) in [6.07, 6.45) is 10.6. The van der Waals surface area contributed by atoms with Crippen molar-refractivity contribution < 1.29 is 4.79 Å². The molecule has 4 aliphatic rings. The van der Waals surface area contributed by atoms with E-state index in [2.05, 4.69) is 31.6 Å². The fourth-order valence-corrected chi connectivity index (χ4v) is 6.49. The lowest BCUT2D eigenvalue weighted by molar-refractivity contribution is -0.129. The Morgan fingerprint density at radius 2 is 1.92 bits per heavy atom. The maximum absolute atomic E-state index is 12.6. The van der Waals surface area contributed by atoms with Gasteiger partial charge in [-0.15, -0.1) is 0 Å². The second-order valence-electron chi connectivity index (χ2n) is 8.51. The summed E-state index contributed by atoms with van der Waals surface area (Å²) in [4.78, 5) is 12.6. The summed E-state index contributed by atoms with van der Waals surface area (Å²) in [6.45, 7) is 4.74. The molecule has 5 nitrogen and oxygen atoms in total. The molecular formula is C19H27BrN4O. The van der Waals surface area contributed by atoms with Gasteiger partial charge >= 0.3 is 0 Å². The number of aromatic nitrogens is 2. The zero-order valence-corrected chi connectivity index (χ0v) is 16.7. The number of carbonyl (C=O) groups is 1. The smallest absolute Gasteiger partial charge is 0.240 e. The van der Waals surface area contributed by atoms with Crippen LogP contribution in [0.1, 0.15) is 64.5 Å². The SMILES string of the molecule is CCn1cc(Br)c(C(C)=NNC(=O)CC23CC4CC(CC(C4)C2)C3)n1. The van der Waals surface area contributed by atoms with E-state index in [1.807, 2.05) is 24.7 Å². The number of nitrogens with zero attached hydrogens (tertiary/aromatic N) is 3. The van der Waals surface area contributed by atoms with Gasteiger partial charge in [0.1, 0.15) is 5.69 Å². The highest BCUT2D eigenvalue weighted by Crippen LogP contribution is 2.61. The van der Waals surface area contributed by atoms with Gasteiger partial charge in [0.25, 0.3) is 0 Å². The fourth-order valence-electron chi connectivity index (χ4n) is 5.89. The Morgan fingerprint density at radius 1 is 1.32 bits per heavy atom. The molecule has 0 aromatic carbocycles. The van der Waals surface area contributed by atoms with Crippen molar-refractivity contribution in [3.05, 3.63) is 16.4 Å². The molecule has 1 heterocycles. The molecular weight excluding hydrogens is 380 g/mol. The Morgan fingerprint density at radius 3 is 2.44 bits per heavy atom. The largest absolute Gasteiger partial charge is 0.273 e. The third-order valence-electron chi connectivity index (χ3n) is 6.43. The van der Waals surface area contributed by atoms with Crippen LogP contribution in [0.25, 0.3) is 0 Å². The third kappa shape index (κ3) is 3.42. The lowest BCUT2D eigenvalue weighted by Gasteiger charge is -2.56. The fraction of sp³-hybridized carbons (Fsp3) is 0.737. The molecule has 4 bridgehead atoms.